The molecule has 1 heterocycles. The Hall–Kier alpha value is -0.940. The van der Waals surface area contributed by atoms with Crippen molar-refractivity contribution in [1.82, 2.24) is 9.88 Å². The Morgan fingerprint density at radius 2 is 2.24 bits per heavy atom. The molecule has 1 aromatic heterocycles. The summed E-state index contributed by atoms with van der Waals surface area (Å²) >= 11 is 1.65. The third-order valence-corrected chi connectivity index (χ3v) is 3.89. The van der Waals surface area contributed by atoms with Gasteiger partial charge >= 0.3 is 5.97 Å². The van der Waals surface area contributed by atoms with Crippen molar-refractivity contribution in [1.29, 1.82) is 0 Å². The second-order valence-electron chi connectivity index (χ2n) is 4.33. The van der Waals surface area contributed by atoms with Gasteiger partial charge in [0.1, 0.15) is 0 Å². The number of nitrogens with zero attached hydrogens (tertiary/aromatic N) is 2. The maximum absolute atomic E-state index is 11.5. The van der Waals surface area contributed by atoms with Gasteiger partial charge in [-0.3, -0.25) is 9.69 Å². The third kappa shape index (κ3) is 3.78. The number of hydrogen-bond donors (Lipinski definition) is 0. The first kappa shape index (κ1) is 14.1. The van der Waals surface area contributed by atoms with Gasteiger partial charge in [-0.05, 0) is 20.9 Å². The van der Waals surface area contributed by atoms with E-state index < -0.39 is 0 Å². The topological polar surface area (TPSA) is 42.4 Å². The predicted molar refractivity (Wildman–Crippen MR) is 69.0 cm³/mol. The number of ether oxygens (including phenoxy) is 1. The van der Waals surface area contributed by atoms with Gasteiger partial charge in [0.15, 0.2) is 0 Å². The van der Waals surface area contributed by atoms with E-state index in [0.29, 0.717) is 0 Å². The monoisotopic (exact) mass is 256 g/mol. The van der Waals surface area contributed by atoms with E-state index in [-0.39, 0.29) is 17.9 Å². The zero-order valence-corrected chi connectivity index (χ0v) is 11.9. The van der Waals surface area contributed by atoms with Crippen LogP contribution in [-0.4, -0.2) is 36.1 Å². The number of aromatic nitrogens is 1. The highest BCUT2D eigenvalue weighted by Gasteiger charge is 2.24. The highest BCUT2D eigenvalue weighted by molar-refractivity contribution is 7.09. The minimum absolute atomic E-state index is 0.129. The molecule has 4 nitrogen and oxygen atoms in total. The van der Waals surface area contributed by atoms with Gasteiger partial charge < -0.3 is 4.74 Å². The molecule has 2 atom stereocenters. The van der Waals surface area contributed by atoms with Crippen LogP contribution in [0.25, 0.3) is 0 Å². The molecule has 5 heteroatoms. The molecule has 1 aromatic rings. The SMILES string of the molecule is COC(=O)C(C)C(C)N(C)Cc1csc(C)n1. The molecule has 2 unspecified atom stereocenters. The lowest BCUT2D eigenvalue weighted by molar-refractivity contribution is -0.146. The van der Waals surface area contributed by atoms with Crippen molar-refractivity contribution < 1.29 is 9.53 Å². The Balaban J connectivity index is 2.57. The van der Waals surface area contributed by atoms with E-state index in [9.17, 15) is 4.79 Å². The quantitative estimate of drug-likeness (QED) is 0.756. The summed E-state index contributed by atoms with van der Waals surface area (Å²) in [5, 5.41) is 3.13. The van der Waals surface area contributed by atoms with Crippen LogP contribution in [0, 0.1) is 12.8 Å². The van der Waals surface area contributed by atoms with Crippen LogP contribution < -0.4 is 0 Å². The number of hydrogen-bond acceptors (Lipinski definition) is 5. The summed E-state index contributed by atoms with van der Waals surface area (Å²) in [5.41, 5.74) is 1.05. The summed E-state index contributed by atoms with van der Waals surface area (Å²) in [5.74, 6) is -0.302. The first-order valence-electron chi connectivity index (χ1n) is 5.64. The summed E-state index contributed by atoms with van der Waals surface area (Å²) in [6.07, 6.45) is 0. The molecule has 0 bridgehead atoms. The van der Waals surface area contributed by atoms with Crippen molar-refractivity contribution in [3.8, 4) is 0 Å². The van der Waals surface area contributed by atoms with Gasteiger partial charge in [-0.2, -0.15) is 0 Å². The van der Waals surface area contributed by atoms with Crippen molar-refractivity contribution in [3.63, 3.8) is 0 Å². The minimum atomic E-state index is -0.168. The van der Waals surface area contributed by atoms with Gasteiger partial charge in [0, 0.05) is 18.0 Å². The van der Waals surface area contributed by atoms with Crippen LogP contribution in [0.3, 0.4) is 0 Å². The van der Waals surface area contributed by atoms with E-state index in [1.165, 1.54) is 7.11 Å². The molecule has 1 rings (SSSR count). The van der Waals surface area contributed by atoms with Crippen molar-refractivity contribution in [2.45, 2.75) is 33.4 Å². The molecule has 0 N–H and O–H groups in total. The second kappa shape index (κ2) is 6.12. The second-order valence-corrected chi connectivity index (χ2v) is 5.39. The Labute approximate surface area is 107 Å². The molecular formula is C12H20N2O2S. The van der Waals surface area contributed by atoms with Gasteiger partial charge in [-0.15, -0.1) is 11.3 Å². The molecule has 0 aliphatic rings. The zero-order valence-electron chi connectivity index (χ0n) is 11.1. The van der Waals surface area contributed by atoms with Crippen LogP contribution in [0.4, 0.5) is 0 Å². The highest BCUT2D eigenvalue weighted by Crippen LogP contribution is 2.15. The maximum Gasteiger partial charge on any atom is 0.309 e. The average Bonchev–Trinajstić information content (AvgIpc) is 2.71. The van der Waals surface area contributed by atoms with Crippen LogP contribution >= 0.6 is 11.3 Å². The van der Waals surface area contributed by atoms with Crippen molar-refractivity contribution in [2.75, 3.05) is 14.2 Å². The summed E-state index contributed by atoms with van der Waals surface area (Å²) < 4.78 is 4.76. The van der Waals surface area contributed by atoms with Crippen LogP contribution in [-0.2, 0) is 16.1 Å². The van der Waals surface area contributed by atoms with E-state index in [2.05, 4.69) is 15.3 Å². The van der Waals surface area contributed by atoms with Crippen molar-refractivity contribution in [2.24, 2.45) is 5.92 Å². The summed E-state index contributed by atoms with van der Waals surface area (Å²) in [6.45, 7) is 6.67. The third-order valence-electron chi connectivity index (χ3n) is 3.07. The van der Waals surface area contributed by atoms with Gasteiger partial charge in [0.25, 0.3) is 0 Å². The fourth-order valence-electron chi connectivity index (χ4n) is 1.64. The van der Waals surface area contributed by atoms with E-state index in [4.69, 9.17) is 4.74 Å². The molecule has 0 aromatic carbocycles. The predicted octanol–water partition coefficient (Wildman–Crippen LogP) is 2.08. The Morgan fingerprint density at radius 3 is 2.71 bits per heavy atom. The molecule has 0 radical (unpaired) electrons. The van der Waals surface area contributed by atoms with Crippen LogP contribution in [0.2, 0.25) is 0 Å². The first-order chi connectivity index (χ1) is 7.95. The van der Waals surface area contributed by atoms with E-state index in [1.54, 1.807) is 11.3 Å². The number of carbonyl (C=O) groups excluding carboxylic acids is 1. The number of thiazole rings is 1. The number of methoxy groups -OCH3 is 1. The number of aryl methyl sites for hydroxylation is 1. The summed E-state index contributed by atoms with van der Waals surface area (Å²) in [7, 11) is 3.42. The van der Waals surface area contributed by atoms with Crippen LogP contribution in [0.1, 0.15) is 24.5 Å². The molecule has 0 spiro atoms. The van der Waals surface area contributed by atoms with E-state index in [1.807, 2.05) is 27.8 Å². The van der Waals surface area contributed by atoms with Gasteiger partial charge in [-0.25, -0.2) is 4.98 Å². The molecule has 0 aliphatic carbocycles. The Morgan fingerprint density at radius 1 is 1.59 bits per heavy atom. The zero-order chi connectivity index (χ0) is 13.0. The van der Waals surface area contributed by atoms with Crippen LogP contribution in [0.15, 0.2) is 5.38 Å². The molecule has 17 heavy (non-hydrogen) atoms. The number of carbonyl (C=O) groups is 1. The molecule has 0 saturated heterocycles. The molecule has 0 fully saturated rings. The fourth-order valence-corrected chi connectivity index (χ4v) is 2.25. The summed E-state index contributed by atoms with van der Waals surface area (Å²) in [4.78, 5) is 18.0. The van der Waals surface area contributed by atoms with Gasteiger partial charge in [0.2, 0.25) is 0 Å². The molecule has 0 saturated carbocycles. The summed E-state index contributed by atoms with van der Waals surface area (Å²) in [6, 6.07) is 0.129. The Bertz CT molecular complexity index is 378. The molecule has 96 valence electrons. The lowest BCUT2D eigenvalue weighted by Gasteiger charge is -2.27. The molecular weight excluding hydrogens is 236 g/mol. The number of rotatable bonds is 5. The standard InChI is InChI=1S/C12H20N2O2S/c1-8(12(15)16-5)9(2)14(4)6-11-7-17-10(3)13-11/h7-9H,6H2,1-5H3. The maximum atomic E-state index is 11.5. The van der Waals surface area contributed by atoms with Gasteiger partial charge in [-0.1, -0.05) is 6.92 Å². The molecule has 0 aliphatic heterocycles. The van der Waals surface area contributed by atoms with E-state index in [0.717, 1.165) is 17.2 Å². The fraction of sp³-hybridized carbons (Fsp3) is 0.667. The largest absolute Gasteiger partial charge is 0.469 e. The van der Waals surface area contributed by atoms with Crippen molar-refractivity contribution in [3.05, 3.63) is 16.1 Å². The minimum Gasteiger partial charge on any atom is -0.469 e. The Kier molecular flexibility index (Phi) is 5.08. The average molecular weight is 256 g/mol. The number of esters is 1. The smallest absolute Gasteiger partial charge is 0.309 e. The molecule has 0 amide bonds. The highest BCUT2D eigenvalue weighted by atomic mass is 32.1. The lowest BCUT2D eigenvalue weighted by atomic mass is 10.0. The van der Waals surface area contributed by atoms with E-state index >= 15 is 0 Å². The van der Waals surface area contributed by atoms with Gasteiger partial charge in [0.05, 0.1) is 23.7 Å². The lowest BCUT2D eigenvalue weighted by Crippen LogP contribution is -2.38. The van der Waals surface area contributed by atoms with Crippen LogP contribution in [0.5, 0.6) is 0 Å². The van der Waals surface area contributed by atoms with Crippen molar-refractivity contribution >= 4 is 17.3 Å². The first-order valence-corrected chi connectivity index (χ1v) is 6.52. The normalized spacial score (nSPS) is 14.7.